The molecule has 120 valence electrons. The Balaban J connectivity index is 2.08. The van der Waals surface area contributed by atoms with E-state index in [0.29, 0.717) is 21.8 Å². The number of ether oxygens (including phenoxy) is 1. The Morgan fingerprint density at radius 2 is 1.83 bits per heavy atom. The molecule has 23 heavy (non-hydrogen) atoms. The molecule has 9 heteroatoms. The second kappa shape index (κ2) is 5.87. The predicted octanol–water partition coefficient (Wildman–Crippen LogP) is 4.72. The number of hydrogen-bond acceptors (Lipinski definition) is 4. The second-order valence-corrected chi connectivity index (χ2v) is 7.89. The summed E-state index contributed by atoms with van der Waals surface area (Å²) in [5, 5.41) is 0.739. The molecule has 1 heterocycles. The number of benzene rings is 2. The van der Waals surface area contributed by atoms with Crippen LogP contribution in [0.25, 0.3) is 11.0 Å². The van der Waals surface area contributed by atoms with Gasteiger partial charge in [0.05, 0.1) is 21.1 Å². The molecule has 0 aliphatic heterocycles. The van der Waals surface area contributed by atoms with Gasteiger partial charge in [-0.15, -0.1) is 0 Å². The number of hydrogen-bond donors (Lipinski definition) is 1. The lowest BCUT2D eigenvalue weighted by Crippen LogP contribution is -1.98. The van der Waals surface area contributed by atoms with Gasteiger partial charge in [-0.3, -0.25) is 0 Å². The number of rotatable bonds is 3. The lowest BCUT2D eigenvalue weighted by molar-refractivity contribution is 0.484. The van der Waals surface area contributed by atoms with Crippen molar-refractivity contribution in [1.29, 1.82) is 0 Å². The van der Waals surface area contributed by atoms with Crippen molar-refractivity contribution in [3.63, 3.8) is 0 Å². The van der Waals surface area contributed by atoms with Gasteiger partial charge >= 0.3 is 0 Å². The Morgan fingerprint density at radius 1 is 1.09 bits per heavy atom. The van der Waals surface area contributed by atoms with E-state index < -0.39 is 9.84 Å². The lowest BCUT2D eigenvalue weighted by Gasteiger charge is -2.09. The average molecular weight is 392 g/mol. The van der Waals surface area contributed by atoms with Crippen LogP contribution in [0.2, 0.25) is 15.1 Å². The molecule has 0 amide bonds. The van der Waals surface area contributed by atoms with Crippen LogP contribution in [0.1, 0.15) is 0 Å². The summed E-state index contributed by atoms with van der Waals surface area (Å²) in [4.78, 5) is 6.73. The number of aromatic nitrogens is 2. The van der Waals surface area contributed by atoms with Gasteiger partial charge in [0.1, 0.15) is 16.5 Å². The Bertz CT molecular complexity index is 1020. The summed E-state index contributed by atoms with van der Waals surface area (Å²) in [6.07, 6.45) is 1.06. The van der Waals surface area contributed by atoms with Crippen LogP contribution in [0.3, 0.4) is 0 Å². The summed E-state index contributed by atoms with van der Waals surface area (Å²) < 4.78 is 28.8. The van der Waals surface area contributed by atoms with Crippen LogP contribution in [0.15, 0.2) is 35.5 Å². The van der Waals surface area contributed by atoms with E-state index in [-0.39, 0.29) is 21.0 Å². The minimum atomic E-state index is -3.45. The normalized spacial score (nSPS) is 11.8. The molecular weight excluding hydrogens is 383 g/mol. The minimum absolute atomic E-state index is 0.137. The highest BCUT2D eigenvalue weighted by molar-refractivity contribution is 7.90. The third-order valence-corrected chi connectivity index (χ3v) is 4.99. The number of sulfone groups is 1. The zero-order valence-corrected chi connectivity index (χ0v) is 14.7. The van der Waals surface area contributed by atoms with E-state index in [9.17, 15) is 8.42 Å². The molecular formula is C14H9Cl3N2O3S. The molecule has 1 N–H and O–H groups in total. The molecule has 0 saturated carbocycles. The molecule has 1 aromatic heterocycles. The Hall–Kier alpha value is -1.47. The fourth-order valence-corrected chi connectivity index (χ4v) is 3.02. The Labute approximate surface area is 147 Å². The van der Waals surface area contributed by atoms with E-state index >= 15 is 0 Å². The molecule has 0 fully saturated rings. The van der Waals surface area contributed by atoms with Gasteiger partial charge in [-0.05, 0) is 18.2 Å². The number of fused-ring (bicyclic) bond motifs is 1. The molecule has 3 rings (SSSR count). The van der Waals surface area contributed by atoms with Crippen LogP contribution in [0.4, 0.5) is 0 Å². The number of imidazole rings is 1. The van der Waals surface area contributed by atoms with Crippen LogP contribution < -0.4 is 4.74 Å². The monoisotopic (exact) mass is 390 g/mol. The van der Waals surface area contributed by atoms with Crippen LogP contribution in [0, 0.1) is 0 Å². The number of nitrogens with one attached hydrogen (secondary N) is 1. The van der Waals surface area contributed by atoms with E-state index in [1.54, 1.807) is 18.2 Å². The zero-order valence-electron chi connectivity index (χ0n) is 11.6. The molecule has 3 aromatic rings. The highest BCUT2D eigenvalue weighted by Crippen LogP contribution is 2.38. The molecule has 2 aromatic carbocycles. The predicted molar refractivity (Wildman–Crippen MR) is 90.7 cm³/mol. The summed E-state index contributed by atoms with van der Waals surface area (Å²) in [6.45, 7) is 0. The van der Waals surface area contributed by atoms with E-state index in [1.807, 2.05) is 0 Å². The molecule has 0 bridgehead atoms. The van der Waals surface area contributed by atoms with Crippen molar-refractivity contribution in [2.24, 2.45) is 0 Å². The van der Waals surface area contributed by atoms with Gasteiger partial charge in [0.2, 0.25) is 15.0 Å². The fraction of sp³-hybridized carbons (Fsp3) is 0.0714. The maximum absolute atomic E-state index is 11.6. The Kier molecular flexibility index (Phi) is 4.18. The summed E-state index contributed by atoms with van der Waals surface area (Å²) >= 11 is 18.2. The number of aromatic amines is 1. The number of H-pyrrole nitrogens is 1. The number of nitrogens with zero attached hydrogens (tertiary/aromatic N) is 1. The van der Waals surface area contributed by atoms with Crippen molar-refractivity contribution >= 4 is 55.7 Å². The van der Waals surface area contributed by atoms with Gasteiger partial charge in [-0.2, -0.15) is 0 Å². The van der Waals surface area contributed by atoms with Gasteiger partial charge < -0.3 is 9.72 Å². The molecule has 0 spiro atoms. The molecule has 0 saturated heterocycles. The largest absolute Gasteiger partial charge is 0.454 e. The fourth-order valence-electron chi connectivity index (χ4n) is 1.92. The van der Waals surface area contributed by atoms with Gasteiger partial charge in [0.15, 0.2) is 0 Å². The van der Waals surface area contributed by atoms with Crippen LogP contribution in [0.5, 0.6) is 11.5 Å². The first-order chi connectivity index (χ1) is 10.8. The van der Waals surface area contributed by atoms with Crippen molar-refractivity contribution < 1.29 is 13.2 Å². The third-order valence-electron chi connectivity index (χ3n) is 3.00. The van der Waals surface area contributed by atoms with E-state index in [0.717, 1.165) is 6.26 Å². The maximum atomic E-state index is 11.6. The van der Waals surface area contributed by atoms with Crippen molar-refractivity contribution in [1.82, 2.24) is 9.97 Å². The van der Waals surface area contributed by atoms with E-state index in [4.69, 9.17) is 39.5 Å². The zero-order chi connectivity index (χ0) is 16.8. The van der Waals surface area contributed by atoms with Gasteiger partial charge in [0.25, 0.3) is 0 Å². The van der Waals surface area contributed by atoms with Crippen molar-refractivity contribution in [2.45, 2.75) is 5.16 Å². The average Bonchev–Trinajstić information content (AvgIpc) is 2.87. The smallest absolute Gasteiger partial charge is 0.225 e. The van der Waals surface area contributed by atoms with Crippen molar-refractivity contribution in [2.75, 3.05) is 6.26 Å². The van der Waals surface area contributed by atoms with Gasteiger partial charge in [0, 0.05) is 12.3 Å². The second-order valence-electron chi connectivity index (χ2n) is 4.77. The number of halogens is 3. The molecule has 5 nitrogen and oxygen atoms in total. The molecule has 0 atom stereocenters. The maximum Gasteiger partial charge on any atom is 0.225 e. The van der Waals surface area contributed by atoms with E-state index in [2.05, 4.69) is 9.97 Å². The minimum Gasteiger partial charge on any atom is -0.454 e. The standard InChI is InChI=1S/C14H9Cl3N2O3S/c1-23(20,21)14-18-9-5-8(16)12(6-10(9)19-14)22-11-4-2-3-7(15)13(11)17/h2-6H,1H3,(H,18,19). The lowest BCUT2D eigenvalue weighted by atomic mass is 10.3. The first-order valence-electron chi connectivity index (χ1n) is 6.27. The summed E-state index contributed by atoms with van der Waals surface area (Å²) in [5.41, 5.74) is 0.892. The van der Waals surface area contributed by atoms with Crippen molar-refractivity contribution in [3.05, 3.63) is 45.4 Å². The third kappa shape index (κ3) is 3.26. The molecule has 0 radical (unpaired) electrons. The molecule has 0 aliphatic carbocycles. The first kappa shape index (κ1) is 16.4. The van der Waals surface area contributed by atoms with Crippen LogP contribution in [-0.4, -0.2) is 24.6 Å². The quantitative estimate of drug-likeness (QED) is 0.701. The topological polar surface area (TPSA) is 72.1 Å². The Morgan fingerprint density at radius 3 is 2.52 bits per heavy atom. The van der Waals surface area contributed by atoms with Gasteiger partial charge in [-0.1, -0.05) is 40.9 Å². The van der Waals surface area contributed by atoms with Crippen LogP contribution in [-0.2, 0) is 9.84 Å². The van der Waals surface area contributed by atoms with Crippen LogP contribution >= 0.6 is 34.8 Å². The molecule has 0 aliphatic rings. The summed E-state index contributed by atoms with van der Waals surface area (Å²) in [7, 11) is -3.45. The highest BCUT2D eigenvalue weighted by atomic mass is 35.5. The van der Waals surface area contributed by atoms with E-state index in [1.165, 1.54) is 12.1 Å². The first-order valence-corrected chi connectivity index (χ1v) is 9.29. The van der Waals surface area contributed by atoms with Gasteiger partial charge in [-0.25, -0.2) is 13.4 Å². The summed E-state index contributed by atoms with van der Waals surface area (Å²) in [5.74, 6) is 0.620. The van der Waals surface area contributed by atoms with Crippen molar-refractivity contribution in [3.8, 4) is 11.5 Å². The summed E-state index contributed by atoms with van der Waals surface area (Å²) in [6, 6.07) is 8.02. The highest BCUT2D eigenvalue weighted by Gasteiger charge is 2.16. The molecule has 0 unspecified atom stereocenters. The SMILES string of the molecule is CS(=O)(=O)c1nc2cc(Oc3cccc(Cl)c3Cl)c(Cl)cc2[nH]1.